The summed E-state index contributed by atoms with van der Waals surface area (Å²) >= 11 is 13.9. The number of phenols is 1. The van der Waals surface area contributed by atoms with E-state index < -0.39 is 5.97 Å². The van der Waals surface area contributed by atoms with Crippen molar-refractivity contribution in [2.45, 2.75) is 18.8 Å². The monoisotopic (exact) mass is 644 g/mol. The van der Waals surface area contributed by atoms with Crippen molar-refractivity contribution in [3.05, 3.63) is 93.7 Å². The lowest BCUT2D eigenvalue weighted by atomic mass is 9.95. The highest BCUT2D eigenvalue weighted by Crippen LogP contribution is 2.48. The van der Waals surface area contributed by atoms with E-state index in [-0.39, 0.29) is 29.4 Å². The van der Waals surface area contributed by atoms with Crippen molar-refractivity contribution in [3.63, 3.8) is 0 Å². The van der Waals surface area contributed by atoms with Crippen molar-refractivity contribution in [2.24, 2.45) is 0 Å². The van der Waals surface area contributed by atoms with Crippen molar-refractivity contribution in [1.29, 1.82) is 0 Å². The number of carbonyl (C=O) groups excluding carboxylic acids is 3. The molecule has 0 bridgehead atoms. The predicted octanol–water partition coefficient (Wildman–Crippen LogP) is 7.65. The third-order valence-corrected chi connectivity index (χ3v) is 10.2. The zero-order chi connectivity index (χ0) is 30.7. The van der Waals surface area contributed by atoms with Gasteiger partial charge >= 0.3 is 5.97 Å². The molecule has 4 aromatic carbocycles. The first-order valence-corrected chi connectivity index (χ1v) is 16.0. The molecule has 7 nitrogen and oxygen atoms in total. The van der Waals surface area contributed by atoms with Gasteiger partial charge in [-0.1, -0.05) is 48.5 Å². The number of alkyl halides is 2. The molecule has 3 heterocycles. The summed E-state index contributed by atoms with van der Waals surface area (Å²) in [7, 11) is 0. The first-order chi connectivity index (χ1) is 21.3. The van der Waals surface area contributed by atoms with Gasteiger partial charge in [0.05, 0.1) is 21.1 Å². The fraction of sp³-hybridized carbons (Fsp3) is 0.206. The number of fused-ring (bicyclic) bond motifs is 6. The van der Waals surface area contributed by atoms with Crippen LogP contribution >= 0.6 is 34.5 Å². The number of nitrogens with zero attached hydrogens (tertiary/aromatic N) is 2. The van der Waals surface area contributed by atoms with E-state index in [4.69, 9.17) is 27.9 Å². The molecule has 0 spiro atoms. The van der Waals surface area contributed by atoms with Crippen LogP contribution in [-0.4, -0.2) is 47.7 Å². The number of thiophene rings is 1. The van der Waals surface area contributed by atoms with Crippen LogP contribution in [0.25, 0.3) is 21.5 Å². The van der Waals surface area contributed by atoms with Crippen molar-refractivity contribution >= 4 is 85.2 Å². The van der Waals surface area contributed by atoms with Gasteiger partial charge in [0.1, 0.15) is 11.5 Å². The summed E-state index contributed by atoms with van der Waals surface area (Å²) in [4.78, 5) is 43.9. The second-order valence-electron chi connectivity index (χ2n) is 11.0. The lowest BCUT2D eigenvalue weighted by Crippen LogP contribution is -2.30. The quantitative estimate of drug-likeness (QED) is 0.121. The van der Waals surface area contributed by atoms with Gasteiger partial charge in [0.15, 0.2) is 0 Å². The van der Waals surface area contributed by atoms with Gasteiger partial charge in [-0.2, -0.15) is 0 Å². The Hall–Kier alpha value is -4.11. The zero-order valence-corrected chi connectivity index (χ0v) is 25.9. The molecule has 2 amide bonds. The van der Waals surface area contributed by atoms with Gasteiger partial charge in [0.25, 0.3) is 11.8 Å². The van der Waals surface area contributed by atoms with Crippen molar-refractivity contribution in [1.82, 2.24) is 0 Å². The molecule has 44 heavy (non-hydrogen) atoms. The molecule has 5 aromatic rings. The molecule has 10 heteroatoms. The van der Waals surface area contributed by atoms with Crippen LogP contribution in [0.1, 0.15) is 49.2 Å². The topological polar surface area (TPSA) is 87.2 Å². The summed E-state index contributed by atoms with van der Waals surface area (Å²) in [5.41, 5.74) is 3.13. The molecule has 0 saturated carbocycles. The predicted molar refractivity (Wildman–Crippen MR) is 175 cm³/mol. The van der Waals surface area contributed by atoms with Gasteiger partial charge in [-0.15, -0.1) is 34.5 Å². The van der Waals surface area contributed by atoms with Gasteiger partial charge in [-0.25, -0.2) is 0 Å². The third kappa shape index (κ3) is 4.51. The maximum Gasteiger partial charge on any atom is 0.308 e. The molecule has 222 valence electrons. The molecular formula is C34H26Cl2N2O5S. The van der Waals surface area contributed by atoms with Gasteiger partial charge < -0.3 is 19.6 Å². The number of aromatic hydroxyl groups is 1. The third-order valence-electron chi connectivity index (χ3n) is 8.42. The average molecular weight is 646 g/mol. The van der Waals surface area contributed by atoms with Crippen LogP contribution in [0.4, 0.5) is 11.4 Å². The minimum absolute atomic E-state index is 0.0941. The molecule has 7 rings (SSSR count). The van der Waals surface area contributed by atoms with Gasteiger partial charge in [-0.05, 0) is 34.0 Å². The van der Waals surface area contributed by atoms with Gasteiger partial charge in [-0.3, -0.25) is 14.4 Å². The first-order valence-electron chi connectivity index (χ1n) is 14.1. The fourth-order valence-electron chi connectivity index (χ4n) is 6.55. The van der Waals surface area contributed by atoms with Gasteiger partial charge in [0.2, 0.25) is 0 Å². The average Bonchev–Trinajstić information content (AvgIpc) is 3.76. The Morgan fingerprint density at radius 2 is 1.25 bits per heavy atom. The van der Waals surface area contributed by atoms with E-state index >= 15 is 0 Å². The minimum Gasteiger partial charge on any atom is -0.507 e. The number of ether oxygens (including phenoxy) is 1. The summed E-state index contributed by atoms with van der Waals surface area (Å²) in [6.45, 7) is 2.07. The molecule has 0 fully saturated rings. The number of esters is 1. The van der Waals surface area contributed by atoms with Crippen molar-refractivity contribution in [2.75, 3.05) is 34.6 Å². The summed E-state index contributed by atoms with van der Waals surface area (Å²) in [5.74, 6) is -0.115. The van der Waals surface area contributed by atoms with Gasteiger partial charge in [0, 0.05) is 66.5 Å². The number of phenolic OH excluding ortho intramolecular Hbond substituents is 1. The second-order valence-corrected chi connectivity index (χ2v) is 12.7. The Labute approximate surface area is 267 Å². The Bertz CT molecular complexity index is 2010. The standard InChI is InChI=1S/C34H26Cl2N2O5S/c1-18(39)43-28-13-26-32(24-9-5-3-7-22(24)28)20(15-36)17-38(26)34(42)30-11-10-29(44-30)33(41)37-16-19(14-35)31-23-8-4-2-6-21(23)27(40)12-25(31)37/h2-13,19-20,40H,14-17H2,1H3. The maximum absolute atomic E-state index is 14.0. The van der Waals surface area contributed by atoms with E-state index in [1.807, 2.05) is 48.5 Å². The number of hydrogen-bond acceptors (Lipinski definition) is 6. The zero-order valence-electron chi connectivity index (χ0n) is 23.6. The van der Waals surface area contributed by atoms with E-state index in [2.05, 4.69) is 0 Å². The van der Waals surface area contributed by atoms with Crippen molar-refractivity contribution in [3.8, 4) is 11.5 Å². The molecule has 2 unspecified atom stereocenters. The lowest BCUT2D eigenvalue weighted by Gasteiger charge is -2.19. The van der Waals surface area contributed by atoms with Crippen LogP contribution in [0.3, 0.4) is 0 Å². The maximum atomic E-state index is 14.0. The Morgan fingerprint density at radius 1 is 0.773 bits per heavy atom. The molecule has 0 radical (unpaired) electrons. The van der Waals surface area contributed by atoms with Crippen molar-refractivity contribution < 1.29 is 24.2 Å². The number of amides is 2. The fourth-order valence-corrected chi connectivity index (χ4v) is 7.96. The number of halogens is 2. The molecule has 2 atom stereocenters. The van der Waals surface area contributed by atoms with E-state index in [1.165, 1.54) is 6.92 Å². The Kier molecular flexibility index (Phi) is 7.23. The number of carbonyl (C=O) groups is 3. The number of anilines is 2. The van der Waals surface area contributed by atoms with E-state index in [0.717, 1.165) is 38.6 Å². The molecule has 0 aliphatic carbocycles. The summed E-state index contributed by atoms with van der Waals surface area (Å²) < 4.78 is 5.55. The largest absolute Gasteiger partial charge is 0.507 e. The summed E-state index contributed by atoms with van der Waals surface area (Å²) in [6, 6.07) is 21.8. The van der Waals surface area contributed by atoms with Crippen LogP contribution in [0, 0.1) is 0 Å². The molecular weight excluding hydrogens is 619 g/mol. The highest BCUT2D eigenvalue weighted by atomic mass is 35.5. The van der Waals surface area contributed by atoms with E-state index in [9.17, 15) is 19.5 Å². The molecule has 1 N–H and O–H groups in total. The Morgan fingerprint density at radius 3 is 1.77 bits per heavy atom. The van der Waals surface area contributed by atoms with Crippen LogP contribution in [0.2, 0.25) is 0 Å². The summed E-state index contributed by atoms with van der Waals surface area (Å²) in [5, 5.41) is 14.0. The van der Waals surface area contributed by atoms with Crippen LogP contribution < -0.4 is 14.5 Å². The Balaban J connectivity index is 1.23. The molecule has 1 aromatic heterocycles. The number of rotatable bonds is 5. The molecule has 0 saturated heterocycles. The SMILES string of the molecule is CC(=O)Oc1cc2c(c3ccccc13)C(CCl)CN2C(=O)c1ccc(C(=O)N2CC(CCl)c3c2cc(O)c2ccccc32)s1. The van der Waals surface area contributed by atoms with E-state index in [1.54, 1.807) is 34.1 Å². The smallest absolute Gasteiger partial charge is 0.308 e. The number of hydrogen-bond donors (Lipinski definition) is 1. The lowest BCUT2D eigenvalue weighted by molar-refractivity contribution is -0.131. The van der Waals surface area contributed by atoms with Crippen LogP contribution in [0.15, 0.2) is 72.8 Å². The summed E-state index contributed by atoms with van der Waals surface area (Å²) in [6.07, 6.45) is 0. The highest BCUT2D eigenvalue weighted by Gasteiger charge is 2.38. The normalized spacial score (nSPS) is 17.2. The molecule has 2 aliphatic rings. The molecule has 2 aliphatic heterocycles. The minimum atomic E-state index is -0.456. The second kappa shape index (κ2) is 11.1. The number of benzene rings is 4. The highest BCUT2D eigenvalue weighted by molar-refractivity contribution is 7.16. The van der Waals surface area contributed by atoms with E-state index in [0.29, 0.717) is 57.1 Å². The van der Waals surface area contributed by atoms with Crippen LogP contribution in [0.5, 0.6) is 11.5 Å². The van der Waals surface area contributed by atoms with Crippen LogP contribution in [-0.2, 0) is 4.79 Å². The first kappa shape index (κ1) is 28.6.